The minimum atomic E-state index is -0.705. The first-order chi connectivity index (χ1) is 12.4. The van der Waals surface area contributed by atoms with E-state index in [9.17, 15) is 19.7 Å². The Balaban J connectivity index is 2.51. The van der Waals surface area contributed by atoms with Crippen molar-refractivity contribution in [2.24, 2.45) is 0 Å². The molecule has 9 nitrogen and oxygen atoms in total. The number of nitro groups is 1. The second kappa shape index (κ2) is 10.9. The van der Waals surface area contributed by atoms with Crippen LogP contribution in [-0.4, -0.2) is 55.1 Å². The van der Waals surface area contributed by atoms with Crippen LogP contribution in [0.1, 0.15) is 26.7 Å². The van der Waals surface area contributed by atoms with E-state index in [-0.39, 0.29) is 29.7 Å². The smallest absolute Gasteiger partial charge is 0.344 e. The average molecular weight is 368 g/mol. The van der Waals surface area contributed by atoms with Gasteiger partial charge in [0.05, 0.1) is 12.0 Å². The van der Waals surface area contributed by atoms with E-state index in [1.165, 1.54) is 25.3 Å². The van der Waals surface area contributed by atoms with Gasteiger partial charge in [-0.2, -0.15) is 0 Å². The van der Waals surface area contributed by atoms with Crippen molar-refractivity contribution in [2.45, 2.75) is 26.7 Å². The van der Waals surface area contributed by atoms with Crippen LogP contribution in [0.15, 0.2) is 18.2 Å². The van der Waals surface area contributed by atoms with Gasteiger partial charge in [0.1, 0.15) is 5.75 Å². The van der Waals surface area contributed by atoms with Crippen LogP contribution in [0.2, 0.25) is 0 Å². The van der Waals surface area contributed by atoms with Gasteiger partial charge in [0.25, 0.3) is 5.91 Å². The Bertz CT molecular complexity index is 628. The van der Waals surface area contributed by atoms with Crippen molar-refractivity contribution in [3.05, 3.63) is 28.3 Å². The largest absolute Gasteiger partial charge is 0.490 e. The summed E-state index contributed by atoms with van der Waals surface area (Å²) >= 11 is 0. The highest BCUT2D eigenvalue weighted by Crippen LogP contribution is 2.30. The molecule has 26 heavy (non-hydrogen) atoms. The zero-order valence-electron chi connectivity index (χ0n) is 15.2. The number of esters is 1. The van der Waals surface area contributed by atoms with Gasteiger partial charge in [-0.3, -0.25) is 14.9 Å². The van der Waals surface area contributed by atoms with Gasteiger partial charge in [0.2, 0.25) is 5.75 Å². The van der Waals surface area contributed by atoms with Gasteiger partial charge in [0.15, 0.2) is 13.2 Å². The molecule has 1 aromatic rings. The lowest BCUT2D eigenvalue weighted by molar-refractivity contribution is -0.385. The highest BCUT2D eigenvalue weighted by Gasteiger charge is 2.17. The molecule has 0 radical (unpaired) electrons. The molecule has 0 spiro atoms. The highest BCUT2D eigenvalue weighted by atomic mass is 16.6. The number of rotatable bonds is 11. The van der Waals surface area contributed by atoms with Gasteiger partial charge >= 0.3 is 11.7 Å². The van der Waals surface area contributed by atoms with Gasteiger partial charge in [-0.15, -0.1) is 0 Å². The summed E-state index contributed by atoms with van der Waals surface area (Å²) in [5, 5.41) is 10.8. The van der Waals surface area contributed by atoms with Crippen molar-refractivity contribution in [3.8, 4) is 11.5 Å². The number of methoxy groups -OCH3 is 1. The van der Waals surface area contributed by atoms with E-state index in [1.807, 2.05) is 13.8 Å². The molecule has 0 aliphatic carbocycles. The molecule has 144 valence electrons. The zero-order valence-corrected chi connectivity index (χ0v) is 15.2. The number of carbonyl (C=O) groups excluding carboxylic acids is 2. The third kappa shape index (κ3) is 6.58. The molecule has 0 fully saturated rings. The van der Waals surface area contributed by atoms with Crippen molar-refractivity contribution in [1.82, 2.24) is 4.90 Å². The lowest BCUT2D eigenvalue weighted by Crippen LogP contribution is -2.36. The Hall–Kier alpha value is -2.84. The summed E-state index contributed by atoms with van der Waals surface area (Å²) in [6.45, 7) is 4.40. The van der Waals surface area contributed by atoms with Crippen molar-refractivity contribution in [3.63, 3.8) is 0 Å². The van der Waals surface area contributed by atoms with Crippen LogP contribution in [-0.2, 0) is 14.3 Å². The Morgan fingerprint density at radius 1 is 1.15 bits per heavy atom. The summed E-state index contributed by atoms with van der Waals surface area (Å²) in [5.74, 6) is -0.720. The Kier molecular flexibility index (Phi) is 8.90. The molecule has 0 saturated carbocycles. The first-order valence-corrected chi connectivity index (χ1v) is 8.31. The number of amides is 1. The molecular formula is C17H24N2O7. The van der Waals surface area contributed by atoms with Crippen LogP contribution < -0.4 is 9.47 Å². The maximum Gasteiger partial charge on any atom is 0.344 e. The molecule has 0 bridgehead atoms. The lowest BCUT2D eigenvalue weighted by atomic mass is 10.3. The summed E-state index contributed by atoms with van der Waals surface area (Å²) in [6.07, 6.45) is 1.65. The van der Waals surface area contributed by atoms with Crippen molar-refractivity contribution in [2.75, 3.05) is 33.4 Å². The summed E-state index contributed by atoms with van der Waals surface area (Å²) in [4.78, 5) is 35.6. The van der Waals surface area contributed by atoms with Gasteiger partial charge in [-0.1, -0.05) is 13.8 Å². The molecule has 0 aliphatic rings. The third-order valence-electron chi connectivity index (χ3n) is 3.40. The fourth-order valence-electron chi connectivity index (χ4n) is 2.22. The maximum atomic E-state index is 12.0. The van der Waals surface area contributed by atoms with Gasteiger partial charge in [0, 0.05) is 25.2 Å². The number of carbonyl (C=O) groups is 2. The zero-order chi connectivity index (χ0) is 19.5. The van der Waals surface area contributed by atoms with Crippen LogP contribution in [0.5, 0.6) is 11.5 Å². The number of hydrogen-bond acceptors (Lipinski definition) is 7. The molecule has 0 saturated heterocycles. The van der Waals surface area contributed by atoms with E-state index in [4.69, 9.17) is 14.2 Å². The second-order valence-corrected chi connectivity index (χ2v) is 5.42. The number of nitrogens with zero attached hydrogens (tertiary/aromatic N) is 2. The highest BCUT2D eigenvalue weighted by molar-refractivity contribution is 5.81. The molecular weight excluding hydrogens is 344 g/mol. The minimum absolute atomic E-state index is 0.0193. The van der Waals surface area contributed by atoms with E-state index >= 15 is 0 Å². The van der Waals surface area contributed by atoms with Crippen LogP contribution in [0.4, 0.5) is 5.69 Å². The molecule has 0 N–H and O–H groups in total. The van der Waals surface area contributed by atoms with Crippen LogP contribution in [0.3, 0.4) is 0 Å². The monoisotopic (exact) mass is 368 g/mol. The first kappa shape index (κ1) is 21.2. The number of hydrogen-bond donors (Lipinski definition) is 0. The topological polar surface area (TPSA) is 108 Å². The fraction of sp³-hybridized carbons (Fsp3) is 0.529. The minimum Gasteiger partial charge on any atom is -0.490 e. The van der Waals surface area contributed by atoms with E-state index in [0.29, 0.717) is 13.1 Å². The van der Waals surface area contributed by atoms with Crippen LogP contribution in [0.25, 0.3) is 0 Å². The molecule has 0 atom stereocenters. The van der Waals surface area contributed by atoms with E-state index in [1.54, 1.807) is 4.90 Å². The predicted molar refractivity (Wildman–Crippen MR) is 93.3 cm³/mol. The maximum absolute atomic E-state index is 12.0. The summed E-state index contributed by atoms with van der Waals surface area (Å²) in [7, 11) is 1.30. The van der Waals surface area contributed by atoms with E-state index in [0.717, 1.165) is 12.8 Å². The Morgan fingerprint density at radius 3 is 2.35 bits per heavy atom. The standard InChI is InChI=1S/C17H24N2O7/c1-4-8-18(9-5-2)16(20)11-26-17(21)12-25-13-6-7-14(19(22)23)15(10-13)24-3/h6-7,10H,4-5,8-9,11-12H2,1-3H3. The normalized spacial score (nSPS) is 10.1. The molecule has 0 aliphatic heterocycles. The summed E-state index contributed by atoms with van der Waals surface area (Å²) in [5.41, 5.74) is -0.208. The fourth-order valence-corrected chi connectivity index (χ4v) is 2.22. The molecule has 9 heteroatoms. The van der Waals surface area contributed by atoms with Crippen molar-refractivity contribution < 1.29 is 28.7 Å². The summed E-state index contributed by atoms with van der Waals surface area (Å²) in [6, 6.07) is 3.88. The number of ether oxygens (including phenoxy) is 3. The molecule has 1 aromatic carbocycles. The van der Waals surface area contributed by atoms with Crippen molar-refractivity contribution >= 4 is 17.6 Å². The number of nitro benzene ring substituents is 1. The van der Waals surface area contributed by atoms with E-state index < -0.39 is 17.5 Å². The lowest BCUT2D eigenvalue weighted by Gasteiger charge is -2.21. The second-order valence-electron chi connectivity index (χ2n) is 5.42. The van der Waals surface area contributed by atoms with Crippen LogP contribution >= 0.6 is 0 Å². The van der Waals surface area contributed by atoms with Gasteiger partial charge < -0.3 is 19.1 Å². The summed E-state index contributed by atoms with van der Waals surface area (Å²) < 4.78 is 15.1. The third-order valence-corrected chi connectivity index (χ3v) is 3.40. The molecule has 0 aromatic heterocycles. The predicted octanol–water partition coefficient (Wildman–Crippen LogP) is 2.17. The van der Waals surface area contributed by atoms with Gasteiger partial charge in [-0.25, -0.2) is 4.79 Å². The quantitative estimate of drug-likeness (QED) is 0.334. The molecule has 0 unspecified atom stereocenters. The van der Waals surface area contributed by atoms with E-state index in [2.05, 4.69) is 0 Å². The average Bonchev–Trinajstić information content (AvgIpc) is 2.63. The Morgan fingerprint density at radius 2 is 1.81 bits per heavy atom. The van der Waals surface area contributed by atoms with Crippen molar-refractivity contribution in [1.29, 1.82) is 0 Å². The first-order valence-electron chi connectivity index (χ1n) is 8.31. The molecule has 1 rings (SSSR count). The Labute approximate surface area is 152 Å². The van der Waals surface area contributed by atoms with Gasteiger partial charge in [-0.05, 0) is 18.9 Å². The molecule has 0 heterocycles. The number of benzene rings is 1. The molecule has 1 amide bonds. The van der Waals surface area contributed by atoms with Crippen LogP contribution in [0, 0.1) is 10.1 Å². The SMILES string of the molecule is CCCN(CCC)C(=O)COC(=O)COc1ccc([N+](=O)[O-])c(OC)c1.